The van der Waals surface area contributed by atoms with Crippen molar-refractivity contribution < 1.29 is 18.0 Å². The Kier molecular flexibility index (Phi) is 4.42. The van der Waals surface area contributed by atoms with Crippen LogP contribution in [0.15, 0.2) is 42.5 Å². The molecule has 0 aromatic heterocycles. The smallest absolute Gasteiger partial charge is 0.361 e. The van der Waals surface area contributed by atoms with Gasteiger partial charge in [-0.1, -0.05) is 29.8 Å². The fraction of sp³-hybridized carbons (Fsp3) is 0.316. The van der Waals surface area contributed by atoms with Gasteiger partial charge in [0.15, 0.2) is 0 Å². The molecule has 27 heavy (non-hydrogen) atoms. The molecule has 142 valence electrons. The molecule has 0 unspecified atom stereocenters. The zero-order valence-corrected chi connectivity index (χ0v) is 14.9. The fourth-order valence-corrected chi connectivity index (χ4v) is 4.08. The molecule has 2 aliphatic rings. The molecule has 0 bridgehead atoms. The number of hydrogen-bond donors (Lipinski definition) is 2. The lowest BCUT2D eigenvalue weighted by Gasteiger charge is -2.43. The number of benzene rings is 2. The molecule has 4 rings (SSSR count). The second kappa shape index (κ2) is 6.64. The molecule has 1 amide bonds. The normalized spacial score (nSPS) is 21.3. The lowest BCUT2D eigenvalue weighted by molar-refractivity contribution is -0.174. The summed E-state index contributed by atoms with van der Waals surface area (Å²) in [5.41, 5.74) is 3.30. The Hall–Kier alpha value is -2.41. The number of nitrogens with zero attached hydrogens (tertiary/aromatic N) is 1. The molecule has 2 aliphatic heterocycles. The number of hydrogen-bond acceptors (Lipinski definition) is 3. The summed E-state index contributed by atoms with van der Waals surface area (Å²) in [4.78, 5) is 13.6. The van der Waals surface area contributed by atoms with Crippen LogP contribution in [0.25, 0.3) is 0 Å². The number of halogens is 4. The summed E-state index contributed by atoms with van der Waals surface area (Å²) < 4.78 is 38.5. The first-order valence-electron chi connectivity index (χ1n) is 8.64. The highest BCUT2D eigenvalue weighted by Crippen LogP contribution is 2.46. The summed E-state index contributed by atoms with van der Waals surface area (Å²) in [6.07, 6.45) is -3.79. The van der Waals surface area contributed by atoms with Crippen LogP contribution in [0.2, 0.25) is 5.02 Å². The van der Waals surface area contributed by atoms with Crippen molar-refractivity contribution in [3.63, 3.8) is 0 Å². The van der Waals surface area contributed by atoms with Crippen LogP contribution in [-0.4, -0.2) is 24.7 Å². The second-order valence-corrected chi connectivity index (χ2v) is 7.17. The molecule has 2 atom stereocenters. The minimum atomic E-state index is -4.91. The lowest BCUT2D eigenvalue weighted by atomic mass is 9.89. The van der Waals surface area contributed by atoms with E-state index in [1.54, 1.807) is 12.1 Å². The first kappa shape index (κ1) is 18.0. The van der Waals surface area contributed by atoms with E-state index in [0.29, 0.717) is 24.4 Å². The van der Waals surface area contributed by atoms with Crippen LogP contribution in [0.1, 0.15) is 24.4 Å². The van der Waals surface area contributed by atoms with Crippen LogP contribution >= 0.6 is 11.6 Å². The van der Waals surface area contributed by atoms with Gasteiger partial charge in [0, 0.05) is 22.8 Å². The predicted molar refractivity (Wildman–Crippen MR) is 98.5 cm³/mol. The van der Waals surface area contributed by atoms with Crippen molar-refractivity contribution in [2.45, 2.75) is 31.1 Å². The predicted octanol–water partition coefficient (Wildman–Crippen LogP) is 4.79. The van der Waals surface area contributed by atoms with E-state index >= 15 is 0 Å². The van der Waals surface area contributed by atoms with Crippen molar-refractivity contribution in [3.8, 4) is 0 Å². The SMILES string of the molecule is O=C(N[C@H]1CCCN2c3cc(Cl)ccc3Nc3ccccc3[C@H]12)C(F)(F)F. The van der Waals surface area contributed by atoms with Crippen molar-refractivity contribution in [2.24, 2.45) is 0 Å². The number of alkyl halides is 3. The van der Waals surface area contributed by atoms with Crippen LogP contribution < -0.4 is 15.5 Å². The van der Waals surface area contributed by atoms with Gasteiger partial charge in [0.1, 0.15) is 0 Å². The van der Waals surface area contributed by atoms with Gasteiger partial charge in [-0.25, -0.2) is 0 Å². The van der Waals surface area contributed by atoms with Crippen LogP contribution in [0.3, 0.4) is 0 Å². The quantitative estimate of drug-likeness (QED) is 0.730. The average molecular weight is 396 g/mol. The maximum Gasteiger partial charge on any atom is 0.471 e. The van der Waals surface area contributed by atoms with Gasteiger partial charge >= 0.3 is 12.1 Å². The second-order valence-electron chi connectivity index (χ2n) is 6.73. The third-order valence-corrected chi connectivity index (χ3v) is 5.26. The summed E-state index contributed by atoms with van der Waals surface area (Å²) >= 11 is 6.18. The third-order valence-electron chi connectivity index (χ3n) is 5.02. The number of rotatable bonds is 1. The molecule has 2 N–H and O–H groups in total. The summed E-state index contributed by atoms with van der Waals surface area (Å²) in [5, 5.41) is 6.10. The Bertz CT molecular complexity index is 887. The monoisotopic (exact) mass is 395 g/mol. The molecule has 4 nitrogen and oxygen atoms in total. The van der Waals surface area contributed by atoms with E-state index in [-0.39, 0.29) is 0 Å². The van der Waals surface area contributed by atoms with Crippen molar-refractivity contribution in [3.05, 3.63) is 53.1 Å². The van der Waals surface area contributed by atoms with Crippen LogP contribution in [0.4, 0.5) is 30.2 Å². The number of nitrogens with one attached hydrogen (secondary N) is 2. The van der Waals surface area contributed by atoms with Crippen LogP contribution in [-0.2, 0) is 4.79 Å². The number of para-hydroxylation sites is 1. The fourth-order valence-electron chi connectivity index (χ4n) is 3.91. The van der Waals surface area contributed by atoms with Gasteiger partial charge in [0.25, 0.3) is 0 Å². The molecule has 2 heterocycles. The van der Waals surface area contributed by atoms with Crippen LogP contribution in [0, 0.1) is 0 Å². The van der Waals surface area contributed by atoms with Gasteiger partial charge in [-0.2, -0.15) is 13.2 Å². The van der Waals surface area contributed by atoms with Gasteiger partial charge in [0.05, 0.1) is 23.5 Å². The molecule has 1 fully saturated rings. The number of carbonyl (C=O) groups is 1. The molecule has 0 saturated carbocycles. The highest BCUT2D eigenvalue weighted by atomic mass is 35.5. The van der Waals surface area contributed by atoms with E-state index < -0.39 is 24.2 Å². The Morgan fingerprint density at radius 2 is 1.96 bits per heavy atom. The van der Waals surface area contributed by atoms with Crippen molar-refractivity contribution in [2.75, 3.05) is 16.8 Å². The minimum Gasteiger partial charge on any atom is -0.361 e. The molecule has 0 aliphatic carbocycles. The largest absolute Gasteiger partial charge is 0.471 e. The van der Waals surface area contributed by atoms with Gasteiger partial charge in [-0.3, -0.25) is 4.79 Å². The van der Waals surface area contributed by atoms with Gasteiger partial charge in [-0.15, -0.1) is 0 Å². The number of fused-ring (bicyclic) bond motifs is 5. The maximum absolute atomic E-state index is 12.8. The summed E-state index contributed by atoms with van der Waals surface area (Å²) in [5.74, 6) is -1.91. The number of piperidine rings is 1. The Labute approximate surface area is 159 Å². The molecule has 2 aromatic carbocycles. The Balaban J connectivity index is 1.81. The summed E-state index contributed by atoms with van der Waals surface area (Å²) in [7, 11) is 0. The third kappa shape index (κ3) is 3.32. The minimum absolute atomic E-state index is 0.423. The number of anilines is 3. The number of carbonyl (C=O) groups excluding carboxylic acids is 1. The van der Waals surface area contributed by atoms with Crippen molar-refractivity contribution in [1.82, 2.24) is 5.32 Å². The Morgan fingerprint density at radius 3 is 2.74 bits per heavy atom. The van der Waals surface area contributed by atoms with E-state index in [9.17, 15) is 18.0 Å². The zero-order valence-electron chi connectivity index (χ0n) is 14.2. The summed E-state index contributed by atoms with van der Waals surface area (Å²) in [6, 6.07) is 11.8. The molecule has 0 spiro atoms. The van der Waals surface area contributed by atoms with Gasteiger partial charge in [0.2, 0.25) is 0 Å². The first-order chi connectivity index (χ1) is 12.8. The van der Waals surface area contributed by atoms with E-state index in [0.717, 1.165) is 22.6 Å². The van der Waals surface area contributed by atoms with E-state index in [2.05, 4.69) is 10.6 Å². The standard InChI is InChI=1S/C19H17ClF3N3O/c20-11-7-8-14-16(10-11)26-9-3-6-15(25-18(27)19(21,22)23)17(26)12-4-1-2-5-13(12)24-14/h1-2,4-5,7-8,10,15,17,24H,3,6,9H2,(H,25,27)/t15-,17+/m0/s1. The maximum atomic E-state index is 12.8. The molecular formula is C19H17ClF3N3O. The molecule has 8 heteroatoms. The van der Waals surface area contributed by atoms with Gasteiger partial charge < -0.3 is 15.5 Å². The van der Waals surface area contributed by atoms with E-state index in [1.807, 2.05) is 35.2 Å². The Morgan fingerprint density at radius 1 is 1.19 bits per heavy atom. The average Bonchev–Trinajstić information content (AvgIpc) is 2.76. The topological polar surface area (TPSA) is 44.4 Å². The van der Waals surface area contributed by atoms with Crippen LogP contribution in [0.5, 0.6) is 0 Å². The highest BCUT2D eigenvalue weighted by molar-refractivity contribution is 6.31. The molecular weight excluding hydrogens is 379 g/mol. The molecule has 2 aromatic rings. The van der Waals surface area contributed by atoms with Gasteiger partial charge in [-0.05, 0) is 37.1 Å². The number of amides is 1. The van der Waals surface area contributed by atoms with E-state index in [1.165, 1.54) is 0 Å². The van der Waals surface area contributed by atoms with Crippen molar-refractivity contribution in [1.29, 1.82) is 0 Å². The van der Waals surface area contributed by atoms with Crippen molar-refractivity contribution >= 4 is 34.6 Å². The molecule has 1 saturated heterocycles. The highest BCUT2D eigenvalue weighted by Gasteiger charge is 2.44. The summed E-state index contributed by atoms with van der Waals surface area (Å²) in [6.45, 7) is 0.659. The zero-order chi connectivity index (χ0) is 19.2. The lowest BCUT2D eigenvalue weighted by Crippen LogP contribution is -2.52. The van der Waals surface area contributed by atoms with E-state index in [4.69, 9.17) is 11.6 Å². The molecule has 0 radical (unpaired) electrons. The first-order valence-corrected chi connectivity index (χ1v) is 9.02.